The molecule has 18 rings (SSSR count). The molecule has 0 bridgehead atoms. The number of rotatable bonds is 18. The molecule has 718 valence electrons. The molecule has 9 aliphatic rings. The van der Waals surface area contributed by atoms with Crippen LogP contribution in [0.1, 0.15) is 155 Å². The fourth-order valence-corrected chi connectivity index (χ4v) is 31.8. The van der Waals surface area contributed by atoms with Crippen LogP contribution in [0.15, 0.2) is 177 Å². The second-order valence-electron chi connectivity index (χ2n) is 35.0. The first-order valence-electron chi connectivity index (χ1n) is 44.0. The lowest BCUT2D eigenvalue weighted by atomic mass is 9.71. The number of alkyl carbamates (subject to hydrolysis) is 2. The number of nitrogens with one attached hydrogen (secondary N) is 5. The number of carbonyl (C=O) groups is 3. The van der Waals surface area contributed by atoms with E-state index in [1.54, 1.807) is 11.3 Å². The molecule has 1 aromatic heterocycles. The van der Waals surface area contributed by atoms with Gasteiger partial charge >= 0.3 is 18.2 Å². The molecule has 5 fully saturated rings. The van der Waals surface area contributed by atoms with Crippen molar-refractivity contribution in [3.63, 3.8) is 0 Å². The van der Waals surface area contributed by atoms with Crippen LogP contribution in [0.5, 0.6) is 23.0 Å². The molecule has 134 heavy (non-hydrogen) atoms. The smallest absolute Gasteiger partial charge is 0.407 e. The van der Waals surface area contributed by atoms with Crippen molar-refractivity contribution < 1.29 is 112 Å². The maximum atomic E-state index is 15.3. The molecule has 5 aliphatic carbocycles. The number of hydrogen-bond acceptors (Lipinski definition) is 19. The first-order valence-corrected chi connectivity index (χ1v) is 52.2. The van der Waals surface area contributed by atoms with E-state index in [0.717, 1.165) is 87.1 Å². The summed E-state index contributed by atoms with van der Waals surface area (Å²) in [6.45, 7) is 4.89. The summed E-state index contributed by atoms with van der Waals surface area (Å²) in [7, 11) is -15.5. The molecule has 5 heterocycles. The number of aryl methyl sites for hydroxylation is 1. The number of halogens is 12. The van der Waals surface area contributed by atoms with Crippen molar-refractivity contribution in [3.05, 3.63) is 256 Å². The second kappa shape index (κ2) is 40.5. The molecule has 5 N–H and O–H groups in total. The lowest BCUT2D eigenvalue weighted by molar-refractivity contribution is 0.0813. The highest BCUT2D eigenvalue weighted by molar-refractivity contribution is 7.93. The molecule has 0 unspecified atom stereocenters. The molecule has 5 saturated carbocycles. The summed E-state index contributed by atoms with van der Waals surface area (Å²) in [5.74, 6) is -10.6. The normalized spacial score (nSPS) is 24.9. The molecule has 0 spiro atoms. The number of unbranched alkanes of at least 4 members (excludes halogenated alkanes) is 1. The Kier molecular flexibility index (Phi) is 30.0. The molecule has 0 radical (unpaired) electrons. The summed E-state index contributed by atoms with van der Waals surface area (Å²) >= 11 is 25.5. The van der Waals surface area contributed by atoms with Crippen molar-refractivity contribution >= 4 is 115 Å². The summed E-state index contributed by atoms with van der Waals surface area (Å²) in [6, 6.07) is 33.0. The van der Waals surface area contributed by atoms with Gasteiger partial charge < -0.3 is 55.0 Å². The summed E-state index contributed by atoms with van der Waals surface area (Å²) in [6.07, 6.45) is 6.67. The molecule has 8 aromatic carbocycles. The molecule has 0 saturated heterocycles. The average molecular weight is 2030 g/mol. The lowest BCUT2D eigenvalue weighted by Gasteiger charge is -2.49. The zero-order chi connectivity index (χ0) is 95.8. The highest BCUT2D eigenvalue weighted by atomic mass is 35.5. The third-order valence-corrected chi connectivity index (χ3v) is 39.7. The predicted octanol–water partition coefficient (Wildman–Crippen LogP) is 20.7. The van der Waals surface area contributed by atoms with Crippen LogP contribution in [0, 0.1) is 77.1 Å². The fraction of sp³-hybridized carbons (Fsp3) is 0.421. The van der Waals surface area contributed by atoms with E-state index in [4.69, 9.17) is 70.1 Å². The number of sulfone groups is 4. The van der Waals surface area contributed by atoms with Crippen LogP contribution in [-0.4, -0.2) is 122 Å². The molecular weight excluding hydrogens is 1940 g/mol. The third kappa shape index (κ3) is 18.9. The van der Waals surface area contributed by atoms with Crippen molar-refractivity contribution in [2.45, 2.75) is 205 Å². The molecule has 9 aromatic rings. The SMILES string of the molecule is CCCCNC(=O)N[C@@H]1CC[C@@]2(S(=O)(=O)c3ccc(Cl)cc3)c3c(F)ccc(F)c3OC[C@H]2C1.COC(=O)N[C@@H]1CC[C@@]2(S(=O)(=O)c3ccc(Cl)cc3)c3c(F)ccc(F)c3OC[C@H]2C1.Cc1ccc(CN[C@@H]2CC[C@@]3(S(=O)(=O)c4ccc(Cl)cc4)c4c(F)ccc(F)c4OC[C@H]3C2)s1.O=C(N[C@@H]1CC[C@@]2(S(=O)(=O)c3ccc(Cl)cc3)c3c(F)ccc(F)c3OC[C@H]2C1)OC1CCCC1. The number of carbonyl (C=O) groups excluding carboxylic acids is 3. The molecule has 12 atom stereocenters. The van der Waals surface area contributed by atoms with E-state index in [-0.39, 0.29) is 186 Å². The maximum absolute atomic E-state index is 15.3. The van der Waals surface area contributed by atoms with E-state index in [0.29, 0.717) is 46.0 Å². The van der Waals surface area contributed by atoms with Gasteiger partial charge in [-0.25, -0.2) is 83.2 Å². The Balaban J connectivity index is 0.000000136. The van der Waals surface area contributed by atoms with E-state index in [2.05, 4.69) is 50.4 Å². The van der Waals surface area contributed by atoms with Crippen molar-refractivity contribution in [1.82, 2.24) is 26.6 Å². The molecule has 39 heteroatoms. The number of hydrogen-bond donors (Lipinski definition) is 5. The van der Waals surface area contributed by atoms with Crippen LogP contribution in [0.3, 0.4) is 0 Å². The summed E-state index contributed by atoms with van der Waals surface area (Å²) in [4.78, 5) is 38.8. The van der Waals surface area contributed by atoms with Gasteiger partial charge in [0.1, 0.15) is 48.4 Å². The van der Waals surface area contributed by atoms with Gasteiger partial charge in [-0.2, -0.15) is 0 Å². The molecule has 22 nitrogen and oxygen atoms in total. The van der Waals surface area contributed by atoms with E-state index in [1.165, 1.54) is 114 Å². The third-order valence-electron chi connectivity index (χ3n) is 27.3. The van der Waals surface area contributed by atoms with E-state index >= 15 is 17.6 Å². The highest BCUT2D eigenvalue weighted by Gasteiger charge is 2.65. The van der Waals surface area contributed by atoms with E-state index in [1.807, 2.05) is 6.92 Å². The first-order chi connectivity index (χ1) is 63.8. The Hall–Kier alpha value is -9.17. The monoisotopic (exact) mass is 2030 g/mol. The van der Waals surface area contributed by atoms with Gasteiger partial charge in [0.25, 0.3) is 0 Å². The van der Waals surface area contributed by atoms with Gasteiger partial charge in [0, 0.05) is 90.8 Å². The van der Waals surface area contributed by atoms with Crippen LogP contribution >= 0.6 is 57.7 Å². The number of amides is 4. The largest absolute Gasteiger partial charge is 0.490 e. The quantitative estimate of drug-likeness (QED) is 0.0394. The number of urea groups is 1. The van der Waals surface area contributed by atoms with Crippen molar-refractivity contribution in [3.8, 4) is 23.0 Å². The summed E-state index contributed by atoms with van der Waals surface area (Å²) in [5.41, 5.74) is -1.04. The minimum atomic E-state index is -4.21. The van der Waals surface area contributed by atoms with Gasteiger partial charge in [0.15, 0.2) is 85.6 Å². The van der Waals surface area contributed by atoms with Gasteiger partial charge in [-0.05, 0) is 274 Å². The van der Waals surface area contributed by atoms with Gasteiger partial charge in [0.05, 0.1) is 75.4 Å². The van der Waals surface area contributed by atoms with Gasteiger partial charge in [0.2, 0.25) is 0 Å². The highest BCUT2D eigenvalue weighted by Crippen LogP contribution is 2.62. The Morgan fingerprint density at radius 1 is 0.403 bits per heavy atom. The first kappa shape index (κ1) is 99.3. The van der Waals surface area contributed by atoms with Crippen LogP contribution < -0.4 is 45.5 Å². The zero-order valence-electron chi connectivity index (χ0n) is 72.7. The summed E-state index contributed by atoms with van der Waals surface area (Å²) in [5, 5.41) is 16.2. The van der Waals surface area contributed by atoms with Gasteiger partial charge in [-0.3, -0.25) is 0 Å². The van der Waals surface area contributed by atoms with Gasteiger partial charge in [-0.15, -0.1) is 11.3 Å². The second-order valence-corrected chi connectivity index (χ2v) is 46.9. The minimum Gasteiger partial charge on any atom is -0.490 e. The van der Waals surface area contributed by atoms with Crippen molar-refractivity contribution in [2.75, 3.05) is 40.1 Å². The summed E-state index contributed by atoms with van der Waals surface area (Å²) < 4.78 is 258. The Bertz CT molecular complexity index is 6390. The van der Waals surface area contributed by atoms with Crippen LogP contribution in [0.2, 0.25) is 20.1 Å². The number of thiophene rings is 1. The van der Waals surface area contributed by atoms with Crippen LogP contribution in [0.4, 0.5) is 49.5 Å². The standard InChI is InChI=1S/C25H26ClF2NO5S.C25H24ClF2NO3S2.C24H27ClF2N2O4S.C21H20ClF2NO5S/c26-16-5-7-19(8-6-16)35(31,32)25-12-11-17(29-24(30)34-18-3-1-2-4-18)13-15(25)14-33-23-21(28)10-9-20(27)22(23)25;1-15-2-5-19(33-15)13-29-18-10-11-25(34(30,31)20-6-3-17(26)4-7-20)16(12-18)14-32-24-22(28)9-8-21(27)23(24)25;1-2-3-12-28-23(30)29-17-10-11-24(34(31,32)18-6-4-16(25)5-7-18)15(13-17)14-33-22-20(27)9-8-19(26)21(22)24;1-29-20(26)25-14-8-9-21(31(27,28)15-4-2-13(22)3-5-15)12(10-14)11-30-19-17(24)7-6-16(23)18(19)21/h5-10,15,17-18H,1-4,11-14H2,(H,29,30);2-9,16,18,29H,10-14H2,1H3;4-9,15,17H,2-3,10-14H2,1H3,(H2,28,29,30);2-7,12,14H,8-11H2,1H3,(H,25,26)/t15-,17-,25+;16-,18-,25+;15-,17-,24+;12-,14-,21+/m1111/s1. The molecular formula is C95H97Cl4F8N5O17S5. The minimum absolute atomic E-state index is 0.000728. The maximum Gasteiger partial charge on any atom is 0.407 e. The van der Waals surface area contributed by atoms with Gasteiger partial charge in [-0.1, -0.05) is 59.7 Å². The van der Waals surface area contributed by atoms with Crippen LogP contribution in [0.25, 0.3) is 0 Å². The Morgan fingerprint density at radius 2 is 0.701 bits per heavy atom. The lowest BCUT2D eigenvalue weighted by Crippen LogP contribution is -2.56. The van der Waals surface area contributed by atoms with E-state index < -0.39 is 147 Å². The van der Waals surface area contributed by atoms with E-state index in [9.17, 15) is 65.6 Å². The van der Waals surface area contributed by atoms with Crippen molar-refractivity contribution in [1.29, 1.82) is 0 Å². The molecule has 4 amide bonds. The zero-order valence-corrected chi connectivity index (χ0v) is 79.8. The molecule has 4 aliphatic heterocycles. The number of benzene rings is 8. The van der Waals surface area contributed by atoms with Crippen LogP contribution in [-0.2, 0) is 74.4 Å². The number of methoxy groups -OCH3 is 1. The number of ether oxygens (including phenoxy) is 6. The fourth-order valence-electron chi connectivity index (χ4n) is 21.0. The predicted molar refractivity (Wildman–Crippen MR) is 488 cm³/mol. The number of fused-ring (bicyclic) bond motifs is 12. The topological polar surface area (TPSA) is 303 Å². The Morgan fingerprint density at radius 3 is 1.01 bits per heavy atom. The Labute approximate surface area is 795 Å². The van der Waals surface area contributed by atoms with Crippen molar-refractivity contribution in [2.24, 2.45) is 23.7 Å². The average Bonchev–Trinajstić information content (AvgIpc) is 0.771.